The molecule has 0 radical (unpaired) electrons. The number of hydrogen-bond donors (Lipinski definition) is 1. The molecule has 92 valence electrons. The summed E-state index contributed by atoms with van der Waals surface area (Å²) in [5, 5.41) is 0. The predicted octanol–water partition coefficient (Wildman–Crippen LogP) is 1.39. The van der Waals surface area contributed by atoms with Crippen LogP contribution in [0.1, 0.15) is 18.3 Å². The fourth-order valence-corrected chi connectivity index (χ4v) is 1.26. The van der Waals surface area contributed by atoms with Crippen molar-refractivity contribution >= 4 is 0 Å². The van der Waals surface area contributed by atoms with Gasteiger partial charge >= 0.3 is 6.18 Å². The number of aromatic nitrogens is 2. The normalized spacial score (nSPS) is 14.1. The van der Waals surface area contributed by atoms with E-state index in [4.69, 9.17) is 5.73 Å². The van der Waals surface area contributed by atoms with Gasteiger partial charge in [-0.3, -0.25) is 0 Å². The fraction of sp³-hybridized carbons (Fsp3) is 0.667. The molecule has 1 aromatic rings. The Bertz CT molecular complexity index is 324. The zero-order chi connectivity index (χ0) is 12.2. The van der Waals surface area contributed by atoms with Gasteiger partial charge in [-0.1, -0.05) is 0 Å². The second kappa shape index (κ2) is 5.31. The molecule has 0 bridgehead atoms. The maximum atomic E-state index is 11.7. The standard InChI is InChI=1S/C9H14F3N3O/c1-15-4-3-14-8(15)7(13)2-5-16-6-9(10,11)12/h3-4,7H,2,5-6,13H2,1H3. The lowest BCUT2D eigenvalue weighted by molar-refractivity contribution is -0.174. The van der Waals surface area contributed by atoms with Crippen molar-refractivity contribution in [3.63, 3.8) is 0 Å². The van der Waals surface area contributed by atoms with Crippen molar-refractivity contribution in [2.45, 2.75) is 18.6 Å². The molecule has 1 unspecified atom stereocenters. The summed E-state index contributed by atoms with van der Waals surface area (Å²) < 4.78 is 41.4. The van der Waals surface area contributed by atoms with Gasteiger partial charge in [0.1, 0.15) is 12.4 Å². The molecule has 0 amide bonds. The van der Waals surface area contributed by atoms with Crippen molar-refractivity contribution in [2.24, 2.45) is 12.8 Å². The number of halogens is 3. The molecule has 0 saturated heterocycles. The topological polar surface area (TPSA) is 53.1 Å². The number of alkyl halides is 3. The first-order chi connectivity index (χ1) is 7.40. The van der Waals surface area contributed by atoms with E-state index in [9.17, 15) is 13.2 Å². The number of imidazole rings is 1. The van der Waals surface area contributed by atoms with E-state index in [0.29, 0.717) is 12.2 Å². The van der Waals surface area contributed by atoms with Crippen LogP contribution in [0.3, 0.4) is 0 Å². The van der Waals surface area contributed by atoms with Gasteiger partial charge in [-0.2, -0.15) is 13.2 Å². The van der Waals surface area contributed by atoms with Gasteiger partial charge in [-0.25, -0.2) is 4.98 Å². The minimum atomic E-state index is -4.28. The SMILES string of the molecule is Cn1ccnc1C(N)CCOCC(F)(F)F. The van der Waals surface area contributed by atoms with Gasteiger partial charge in [0.15, 0.2) is 0 Å². The maximum absolute atomic E-state index is 11.7. The van der Waals surface area contributed by atoms with E-state index in [1.54, 1.807) is 24.0 Å². The minimum Gasteiger partial charge on any atom is -0.372 e. The molecule has 0 aromatic carbocycles. The third-order valence-electron chi connectivity index (χ3n) is 2.03. The summed E-state index contributed by atoms with van der Waals surface area (Å²) in [6.45, 7) is -1.27. The van der Waals surface area contributed by atoms with Crippen LogP contribution in [-0.2, 0) is 11.8 Å². The van der Waals surface area contributed by atoms with Crippen molar-refractivity contribution in [1.82, 2.24) is 9.55 Å². The lowest BCUT2D eigenvalue weighted by atomic mass is 10.2. The minimum absolute atomic E-state index is 0.0342. The Hall–Kier alpha value is -1.08. The summed E-state index contributed by atoms with van der Waals surface area (Å²) in [6, 6.07) is -0.409. The molecule has 0 fully saturated rings. The molecule has 0 aliphatic heterocycles. The van der Waals surface area contributed by atoms with E-state index in [0.717, 1.165) is 0 Å². The molecule has 1 rings (SSSR count). The average Bonchev–Trinajstić information content (AvgIpc) is 2.57. The first-order valence-electron chi connectivity index (χ1n) is 4.77. The summed E-state index contributed by atoms with van der Waals surface area (Å²) >= 11 is 0. The molecular formula is C9H14F3N3O. The van der Waals surface area contributed by atoms with Gasteiger partial charge in [-0.05, 0) is 6.42 Å². The molecule has 16 heavy (non-hydrogen) atoms. The highest BCUT2D eigenvalue weighted by Gasteiger charge is 2.27. The Morgan fingerprint density at radius 2 is 2.25 bits per heavy atom. The van der Waals surface area contributed by atoms with Crippen LogP contribution in [0.25, 0.3) is 0 Å². The second-order valence-electron chi connectivity index (χ2n) is 3.46. The number of rotatable bonds is 5. The maximum Gasteiger partial charge on any atom is 0.411 e. The smallest absolute Gasteiger partial charge is 0.372 e. The first kappa shape index (κ1) is 13.0. The summed E-state index contributed by atoms with van der Waals surface area (Å²) in [7, 11) is 1.78. The highest BCUT2D eigenvalue weighted by atomic mass is 19.4. The van der Waals surface area contributed by atoms with E-state index in [1.165, 1.54) is 0 Å². The Kier molecular flexibility index (Phi) is 4.31. The van der Waals surface area contributed by atoms with Crippen LogP contribution < -0.4 is 5.73 Å². The van der Waals surface area contributed by atoms with E-state index in [1.807, 2.05) is 0 Å². The first-order valence-corrected chi connectivity index (χ1v) is 4.77. The number of nitrogens with two attached hydrogens (primary N) is 1. The van der Waals surface area contributed by atoms with Crippen LogP contribution >= 0.6 is 0 Å². The van der Waals surface area contributed by atoms with E-state index in [2.05, 4.69) is 9.72 Å². The van der Waals surface area contributed by atoms with Gasteiger partial charge in [0.05, 0.1) is 6.04 Å². The van der Waals surface area contributed by atoms with Crippen LogP contribution in [0.15, 0.2) is 12.4 Å². The Morgan fingerprint density at radius 1 is 1.56 bits per heavy atom. The molecule has 1 heterocycles. The molecule has 1 atom stereocenters. The van der Waals surface area contributed by atoms with E-state index >= 15 is 0 Å². The van der Waals surface area contributed by atoms with Crippen LogP contribution in [-0.4, -0.2) is 28.9 Å². The summed E-state index contributed by atoms with van der Waals surface area (Å²) in [4.78, 5) is 4.00. The number of nitrogens with zero attached hydrogens (tertiary/aromatic N) is 2. The van der Waals surface area contributed by atoms with Crippen LogP contribution in [0, 0.1) is 0 Å². The summed E-state index contributed by atoms with van der Waals surface area (Å²) in [5.74, 6) is 0.635. The zero-order valence-corrected chi connectivity index (χ0v) is 8.87. The van der Waals surface area contributed by atoms with Crippen LogP contribution in [0.2, 0.25) is 0 Å². The summed E-state index contributed by atoms with van der Waals surface area (Å²) in [6.07, 6.45) is -0.661. The number of aryl methyl sites for hydroxylation is 1. The lowest BCUT2D eigenvalue weighted by Gasteiger charge is -2.12. The molecular weight excluding hydrogens is 223 g/mol. The van der Waals surface area contributed by atoms with E-state index in [-0.39, 0.29) is 6.61 Å². The molecule has 0 spiro atoms. The van der Waals surface area contributed by atoms with Crippen LogP contribution in [0.4, 0.5) is 13.2 Å². The Balaban J connectivity index is 2.26. The quantitative estimate of drug-likeness (QED) is 0.787. The zero-order valence-electron chi connectivity index (χ0n) is 8.87. The molecule has 0 aliphatic carbocycles. The van der Waals surface area contributed by atoms with Gasteiger partial charge in [-0.15, -0.1) is 0 Å². The molecule has 4 nitrogen and oxygen atoms in total. The Labute approximate surface area is 91.2 Å². The van der Waals surface area contributed by atoms with Crippen molar-refractivity contribution in [3.05, 3.63) is 18.2 Å². The molecule has 0 saturated carbocycles. The van der Waals surface area contributed by atoms with Gasteiger partial charge in [0, 0.05) is 26.0 Å². The molecule has 7 heteroatoms. The van der Waals surface area contributed by atoms with Crippen molar-refractivity contribution in [1.29, 1.82) is 0 Å². The molecule has 2 N–H and O–H groups in total. The van der Waals surface area contributed by atoms with Crippen molar-refractivity contribution in [2.75, 3.05) is 13.2 Å². The molecule has 1 aromatic heterocycles. The van der Waals surface area contributed by atoms with Crippen LogP contribution in [0.5, 0.6) is 0 Å². The highest BCUT2D eigenvalue weighted by Crippen LogP contribution is 2.16. The highest BCUT2D eigenvalue weighted by molar-refractivity contribution is 4.97. The lowest BCUT2D eigenvalue weighted by Crippen LogP contribution is -2.21. The predicted molar refractivity (Wildman–Crippen MR) is 51.6 cm³/mol. The third-order valence-corrected chi connectivity index (χ3v) is 2.03. The van der Waals surface area contributed by atoms with E-state index < -0.39 is 18.8 Å². The van der Waals surface area contributed by atoms with Crippen molar-refractivity contribution in [3.8, 4) is 0 Å². The molecule has 0 aliphatic rings. The van der Waals surface area contributed by atoms with Gasteiger partial charge in [0.25, 0.3) is 0 Å². The van der Waals surface area contributed by atoms with Gasteiger partial charge < -0.3 is 15.0 Å². The monoisotopic (exact) mass is 237 g/mol. The second-order valence-corrected chi connectivity index (χ2v) is 3.46. The summed E-state index contributed by atoms with van der Waals surface area (Å²) in [5.41, 5.74) is 5.75. The largest absolute Gasteiger partial charge is 0.411 e. The number of ether oxygens (including phenoxy) is 1. The fourth-order valence-electron chi connectivity index (χ4n) is 1.26. The average molecular weight is 237 g/mol. The number of hydrogen-bond acceptors (Lipinski definition) is 3. The Morgan fingerprint density at radius 3 is 2.75 bits per heavy atom. The third kappa shape index (κ3) is 4.19. The van der Waals surface area contributed by atoms with Gasteiger partial charge in [0.2, 0.25) is 0 Å². The van der Waals surface area contributed by atoms with Crippen molar-refractivity contribution < 1.29 is 17.9 Å².